The molecule has 2 N–H and O–H groups in total. The van der Waals surface area contributed by atoms with Crippen molar-refractivity contribution >= 4 is 18.3 Å². The van der Waals surface area contributed by atoms with Gasteiger partial charge in [-0.05, 0) is 30.7 Å². The van der Waals surface area contributed by atoms with Crippen LogP contribution < -0.4 is 5.73 Å². The lowest BCUT2D eigenvalue weighted by Gasteiger charge is -2.37. The third-order valence-electron chi connectivity index (χ3n) is 4.24. The molecule has 2 rings (SSSR count). The number of aryl methyl sites for hydroxylation is 1. The molecule has 6 heteroatoms. The van der Waals surface area contributed by atoms with Crippen molar-refractivity contribution in [2.45, 2.75) is 45.6 Å². The smallest absolute Gasteiger partial charge is 0.274 e. The molecule has 0 radical (unpaired) electrons. The molecule has 0 bridgehead atoms. The molecule has 1 saturated heterocycles. The average molecular weight is 315 g/mol. The summed E-state index contributed by atoms with van der Waals surface area (Å²) in [6.45, 7) is 7.75. The first-order valence-corrected chi connectivity index (χ1v) is 7.49. The van der Waals surface area contributed by atoms with Gasteiger partial charge in [-0.3, -0.25) is 9.48 Å². The lowest BCUT2D eigenvalue weighted by Crippen LogP contribution is -2.49. The highest BCUT2D eigenvalue weighted by molar-refractivity contribution is 5.92. The van der Waals surface area contributed by atoms with Crippen molar-refractivity contribution in [2.75, 3.05) is 13.1 Å². The van der Waals surface area contributed by atoms with E-state index in [1.165, 1.54) is 0 Å². The van der Waals surface area contributed by atoms with Gasteiger partial charge in [-0.2, -0.15) is 5.10 Å². The summed E-state index contributed by atoms with van der Waals surface area (Å²) in [4.78, 5) is 14.6. The van der Waals surface area contributed by atoms with E-state index in [0.29, 0.717) is 24.1 Å². The molecular weight excluding hydrogens is 288 g/mol. The fourth-order valence-electron chi connectivity index (χ4n) is 3.02. The molecule has 1 amide bonds. The summed E-state index contributed by atoms with van der Waals surface area (Å²) in [5.74, 6) is 1.03. The summed E-state index contributed by atoms with van der Waals surface area (Å²) >= 11 is 0. The summed E-state index contributed by atoms with van der Waals surface area (Å²) in [5.41, 5.74) is 7.47. The molecule has 0 aromatic carbocycles. The quantitative estimate of drug-likeness (QED) is 0.930. The van der Waals surface area contributed by atoms with E-state index in [0.717, 1.165) is 25.1 Å². The lowest BCUT2D eigenvalue weighted by molar-refractivity contribution is 0.0567. The number of rotatable bonds is 3. The molecule has 120 valence electrons. The number of amides is 1. The molecule has 1 aromatic heterocycles. The second-order valence-corrected chi connectivity index (χ2v) is 6.25. The number of piperidine rings is 1. The minimum Gasteiger partial charge on any atom is -0.333 e. The molecule has 5 nitrogen and oxygen atoms in total. The van der Waals surface area contributed by atoms with Crippen LogP contribution in [0.25, 0.3) is 0 Å². The van der Waals surface area contributed by atoms with Gasteiger partial charge in [0.1, 0.15) is 0 Å². The maximum Gasteiger partial charge on any atom is 0.274 e. The summed E-state index contributed by atoms with van der Waals surface area (Å²) in [5, 5.41) is 4.38. The van der Waals surface area contributed by atoms with Crippen molar-refractivity contribution in [3.05, 3.63) is 17.5 Å². The second kappa shape index (κ2) is 7.27. The molecule has 1 aliphatic rings. The molecule has 2 heterocycles. The van der Waals surface area contributed by atoms with E-state index < -0.39 is 0 Å². The molecule has 1 aliphatic heterocycles. The van der Waals surface area contributed by atoms with Gasteiger partial charge >= 0.3 is 0 Å². The number of carbonyl (C=O) groups excluding carboxylic acids is 1. The number of hydrogen-bond donors (Lipinski definition) is 1. The van der Waals surface area contributed by atoms with Gasteiger partial charge in [-0.15, -0.1) is 12.4 Å². The van der Waals surface area contributed by atoms with Crippen molar-refractivity contribution in [1.82, 2.24) is 14.7 Å². The van der Waals surface area contributed by atoms with Crippen LogP contribution in [0.2, 0.25) is 0 Å². The summed E-state index contributed by atoms with van der Waals surface area (Å²) in [7, 11) is 1.89. The van der Waals surface area contributed by atoms with Crippen molar-refractivity contribution in [1.29, 1.82) is 0 Å². The van der Waals surface area contributed by atoms with E-state index in [-0.39, 0.29) is 24.4 Å². The van der Waals surface area contributed by atoms with Crippen molar-refractivity contribution < 1.29 is 4.79 Å². The summed E-state index contributed by atoms with van der Waals surface area (Å²) < 4.78 is 1.81. The van der Waals surface area contributed by atoms with Crippen molar-refractivity contribution in [3.8, 4) is 0 Å². The van der Waals surface area contributed by atoms with Crippen LogP contribution in [-0.4, -0.2) is 39.7 Å². The number of nitrogens with two attached hydrogens (primary N) is 1. The zero-order valence-corrected chi connectivity index (χ0v) is 14.2. The normalized spacial score (nSPS) is 22.3. The van der Waals surface area contributed by atoms with Gasteiger partial charge in [0.05, 0.1) is 0 Å². The van der Waals surface area contributed by atoms with Gasteiger partial charge in [0, 0.05) is 31.9 Å². The first-order chi connectivity index (χ1) is 9.43. The van der Waals surface area contributed by atoms with Crippen LogP contribution in [0, 0.1) is 5.92 Å². The molecule has 0 aliphatic carbocycles. The SMILES string of the molecule is CC1CCN(C(=O)c2cc(C(C)C)n(C)n2)C(CN)C1.Cl. The maximum atomic E-state index is 12.7. The van der Waals surface area contributed by atoms with Gasteiger partial charge in [-0.25, -0.2) is 0 Å². The summed E-state index contributed by atoms with van der Waals surface area (Å²) in [6.07, 6.45) is 2.04. The monoisotopic (exact) mass is 314 g/mol. The Kier molecular flexibility index (Phi) is 6.23. The highest BCUT2D eigenvalue weighted by Gasteiger charge is 2.31. The van der Waals surface area contributed by atoms with Crippen LogP contribution >= 0.6 is 12.4 Å². The molecule has 1 aromatic rings. The van der Waals surface area contributed by atoms with E-state index in [9.17, 15) is 4.79 Å². The molecule has 1 fully saturated rings. The first-order valence-electron chi connectivity index (χ1n) is 7.49. The Balaban J connectivity index is 0.00000220. The Bertz CT molecular complexity index is 486. The molecule has 0 spiro atoms. The topological polar surface area (TPSA) is 64.2 Å². The van der Waals surface area contributed by atoms with E-state index >= 15 is 0 Å². The van der Waals surface area contributed by atoms with Crippen LogP contribution in [-0.2, 0) is 7.05 Å². The van der Waals surface area contributed by atoms with Crippen LogP contribution in [0.15, 0.2) is 6.07 Å². The van der Waals surface area contributed by atoms with E-state index in [4.69, 9.17) is 5.73 Å². The molecule has 2 atom stereocenters. The lowest BCUT2D eigenvalue weighted by atomic mass is 9.92. The fourth-order valence-corrected chi connectivity index (χ4v) is 3.02. The second-order valence-electron chi connectivity index (χ2n) is 6.25. The van der Waals surface area contributed by atoms with Crippen LogP contribution in [0.1, 0.15) is 55.7 Å². The number of likely N-dealkylation sites (tertiary alicyclic amines) is 1. The number of halogens is 1. The fraction of sp³-hybridized carbons (Fsp3) is 0.733. The van der Waals surface area contributed by atoms with Gasteiger partial charge in [0.25, 0.3) is 5.91 Å². The highest BCUT2D eigenvalue weighted by Crippen LogP contribution is 2.24. The van der Waals surface area contributed by atoms with Crippen molar-refractivity contribution in [2.24, 2.45) is 18.7 Å². The zero-order chi connectivity index (χ0) is 14.9. The maximum absolute atomic E-state index is 12.7. The average Bonchev–Trinajstić information content (AvgIpc) is 2.80. The van der Waals surface area contributed by atoms with E-state index in [2.05, 4.69) is 25.9 Å². The standard InChI is InChI=1S/C15H26N4O.ClH/c1-10(2)14-8-13(17-18(14)4)15(20)19-6-5-11(3)7-12(19)9-16;/h8,10-12H,5-7,9,16H2,1-4H3;1H. The summed E-state index contributed by atoms with van der Waals surface area (Å²) in [6, 6.07) is 2.06. The van der Waals surface area contributed by atoms with E-state index in [1.807, 2.05) is 22.7 Å². The Morgan fingerprint density at radius 1 is 1.52 bits per heavy atom. The van der Waals surface area contributed by atoms with Crippen LogP contribution in [0.3, 0.4) is 0 Å². The third kappa shape index (κ3) is 3.77. The minimum absolute atomic E-state index is 0. The number of aromatic nitrogens is 2. The number of carbonyl (C=O) groups is 1. The molecule has 21 heavy (non-hydrogen) atoms. The Hall–Kier alpha value is -1.07. The Morgan fingerprint density at radius 3 is 2.71 bits per heavy atom. The largest absolute Gasteiger partial charge is 0.333 e. The van der Waals surface area contributed by atoms with Gasteiger partial charge < -0.3 is 10.6 Å². The van der Waals surface area contributed by atoms with Crippen LogP contribution in [0.5, 0.6) is 0 Å². The minimum atomic E-state index is 0. The number of hydrogen-bond acceptors (Lipinski definition) is 3. The predicted octanol–water partition coefficient (Wildman–Crippen LogP) is 2.16. The molecule has 0 saturated carbocycles. The zero-order valence-electron chi connectivity index (χ0n) is 13.4. The van der Waals surface area contributed by atoms with Crippen LogP contribution in [0.4, 0.5) is 0 Å². The highest BCUT2D eigenvalue weighted by atomic mass is 35.5. The first kappa shape index (κ1) is 18.0. The van der Waals surface area contributed by atoms with Gasteiger partial charge in [0.15, 0.2) is 5.69 Å². The predicted molar refractivity (Wildman–Crippen MR) is 86.8 cm³/mol. The molecule has 2 unspecified atom stereocenters. The number of nitrogens with zero attached hydrogens (tertiary/aromatic N) is 3. The Morgan fingerprint density at radius 2 is 2.19 bits per heavy atom. The van der Waals surface area contributed by atoms with Crippen molar-refractivity contribution in [3.63, 3.8) is 0 Å². The van der Waals surface area contributed by atoms with E-state index in [1.54, 1.807) is 0 Å². The van der Waals surface area contributed by atoms with Gasteiger partial charge in [-0.1, -0.05) is 20.8 Å². The molecular formula is C15H27ClN4O. The van der Waals surface area contributed by atoms with Gasteiger partial charge in [0.2, 0.25) is 0 Å². The third-order valence-corrected chi connectivity index (χ3v) is 4.24. The Labute approximate surface area is 133 Å².